The first-order valence-electron chi connectivity index (χ1n) is 9.41. The van der Waals surface area contributed by atoms with Gasteiger partial charge in [-0.15, -0.1) is 11.3 Å². The van der Waals surface area contributed by atoms with Gasteiger partial charge in [-0.05, 0) is 37.3 Å². The minimum Gasteiger partial charge on any atom is -0.352 e. The van der Waals surface area contributed by atoms with Crippen LogP contribution in [0, 0.1) is 6.92 Å². The predicted octanol–water partition coefficient (Wildman–Crippen LogP) is 5.00. The number of hydrogen-bond donors (Lipinski definition) is 2. The van der Waals surface area contributed by atoms with Gasteiger partial charge < -0.3 is 4.98 Å². The fourth-order valence-electron chi connectivity index (χ4n) is 3.63. The van der Waals surface area contributed by atoms with Crippen LogP contribution in [-0.4, -0.2) is 35.1 Å². The molecule has 6 rings (SSSR count). The highest BCUT2D eigenvalue weighted by Crippen LogP contribution is 2.36. The molecule has 6 heterocycles. The number of nitrogens with one attached hydrogen (secondary N) is 2. The Bertz CT molecular complexity index is 1510. The van der Waals surface area contributed by atoms with E-state index >= 15 is 0 Å². The van der Waals surface area contributed by atoms with Crippen LogP contribution in [-0.2, 0) is 0 Å². The molecule has 0 aliphatic rings. The summed E-state index contributed by atoms with van der Waals surface area (Å²) >= 11 is 1.76. The summed E-state index contributed by atoms with van der Waals surface area (Å²) in [5, 5.41) is 8.73. The number of aromatic nitrogens is 7. The summed E-state index contributed by atoms with van der Waals surface area (Å²) in [5.74, 6) is 0. The van der Waals surface area contributed by atoms with Crippen molar-refractivity contribution < 1.29 is 0 Å². The lowest BCUT2D eigenvalue weighted by atomic mass is 10.1. The predicted molar refractivity (Wildman–Crippen MR) is 118 cm³/mol. The van der Waals surface area contributed by atoms with Gasteiger partial charge in [0, 0.05) is 44.9 Å². The van der Waals surface area contributed by atoms with E-state index in [1.165, 1.54) is 16.1 Å². The minimum atomic E-state index is 0.771. The van der Waals surface area contributed by atoms with Crippen LogP contribution in [0.25, 0.3) is 55.0 Å². The Balaban J connectivity index is 1.52. The largest absolute Gasteiger partial charge is 0.352 e. The van der Waals surface area contributed by atoms with Crippen LogP contribution in [0.2, 0.25) is 0 Å². The minimum absolute atomic E-state index is 0.771. The topological polar surface area (TPSA) is 96.0 Å². The van der Waals surface area contributed by atoms with E-state index in [-0.39, 0.29) is 0 Å². The molecule has 0 fully saturated rings. The molecule has 2 N–H and O–H groups in total. The summed E-state index contributed by atoms with van der Waals surface area (Å²) in [6.45, 7) is 2.11. The number of aryl methyl sites for hydroxylation is 1. The van der Waals surface area contributed by atoms with Crippen LogP contribution in [0.15, 0.2) is 61.4 Å². The van der Waals surface area contributed by atoms with Gasteiger partial charge in [-0.2, -0.15) is 5.10 Å². The molecule has 0 atom stereocenters. The highest BCUT2D eigenvalue weighted by molar-refractivity contribution is 7.15. The van der Waals surface area contributed by atoms with E-state index in [2.05, 4.69) is 55.3 Å². The summed E-state index contributed by atoms with van der Waals surface area (Å²) in [5.41, 5.74) is 7.09. The average Bonchev–Trinajstić information content (AvgIpc) is 3.51. The van der Waals surface area contributed by atoms with E-state index in [1.807, 2.05) is 24.5 Å². The smallest absolute Gasteiger partial charge is 0.135 e. The monoisotopic (exact) mass is 409 g/mol. The molecule has 0 saturated heterocycles. The van der Waals surface area contributed by atoms with Gasteiger partial charge in [-0.25, -0.2) is 15.0 Å². The van der Waals surface area contributed by atoms with Crippen molar-refractivity contribution in [2.75, 3.05) is 0 Å². The molecule has 6 aromatic rings. The number of aromatic amines is 2. The third-order valence-corrected chi connectivity index (χ3v) is 6.10. The SMILES string of the molecule is Cc1ccc(-c2cncc3[nH]c(-c4n[nH]c5ccc(-c6cncnc6)nc45)cc23)s1. The third-order valence-electron chi connectivity index (χ3n) is 5.07. The van der Waals surface area contributed by atoms with Gasteiger partial charge in [-0.3, -0.25) is 10.1 Å². The molecule has 0 radical (unpaired) electrons. The molecule has 0 spiro atoms. The summed E-state index contributed by atoms with van der Waals surface area (Å²) in [4.78, 5) is 23.4. The summed E-state index contributed by atoms with van der Waals surface area (Å²) < 4.78 is 0. The summed E-state index contributed by atoms with van der Waals surface area (Å²) in [7, 11) is 0. The highest BCUT2D eigenvalue weighted by atomic mass is 32.1. The lowest BCUT2D eigenvalue weighted by molar-refractivity contribution is 1.12. The van der Waals surface area contributed by atoms with Crippen molar-refractivity contribution in [3.8, 4) is 33.1 Å². The van der Waals surface area contributed by atoms with E-state index in [9.17, 15) is 0 Å². The lowest BCUT2D eigenvalue weighted by Crippen LogP contribution is -1.87. The van der Waals surface area contributed by atoms with Gasteiger partial charge >= 0.3 is 0 Å². The molecule has 0 aliphatic heterocycles. The zero-order valence-electron chi connectivity index (χ0n) is 15.9. The van der Waals surface area contributed by atoms with Crippen LogP contribution in [0.3, 0.4) is 0 Å². The zero-order valence-corrected chi connectivity index (χ0v) is 16.7. The van der Waals surface area contributed by atoms with Gasteiger partial charge in [-0.1, -0.05) is 0 Å². The normalized spacial score (nSPS) is 11.5. The number of rotatable bonds is 3. The van der Waals surface area contributed by atoms with Gasteiger partial charge in [0.25, 0.3) is 0 Å². The molecule has 0 aromatic carbocycles. The van der Waals surface area contributed by atoms with Crippen LogP contribution >= 0.6 is 11.3 Å². The van der Waals surface area contributed by atoms with Crippen molar-refractivity contribution >= 4 is 33.3 Å². The quantitative estimate of drug-likeness (QED) is 0.429. The number of hydrogen-bond acceptors (Lipinski definition) is 6. The molecule has 7 nitrogen and oxygen atoms in total. The fourth-order valence-corrected chi connectivity index (χ4v) is 4.52. The molecular formula is C22H15N7S. The summed E-state index contributed by atoms with van der Waals surface area (Å²) in [6.07, 6.45) is 8.78. The van der Waals surface area contributed by atoms with Gasteiger partial charge in [0.15, 0.2) is 0 Å². The molecule has 0 unspecified atom stereocenters. The Hall–Kier alpha value is -3.91. The van der Waals surface area contributed by atoms with Crippen molar-refractivity contribution in [2.24, 2.45) is 0 Å². The summed E-state index contributed by atoms with van der Waals surface area (Å²) in [6, 6.07) is 10.3. The molecule has 30 heavy (non-hydrogen) atoms. The maximum absolute atomic E-state index is 4.83. The Kier molecular flexibility index (Phi) is 3.72. The molecule has 144 valence electrons. The average molecular weight is 409 g/mol. The van der Waals surface area contributed by atoms with Crippen LogP contribution in [0.4, 0.5) is 0 Å². The van der Waals surface area contributed by atoms with Crippen LogP contribution in [0.5, 0.6) is 0 Å². The first-order valence-corrected chi connectivity index (χ1v) is 10.2. The molecule has 0 bridgehead atoms. The standard InChI is InChI=1S/C22H15N7S/c1-12-2-5-20(30-12)15-9-23-10-19-14(15)6-18(26-19)22-21-17(28-29-22)4-3-16(27-21)13-7-24-11-25-8-13/h2-11,26H,1H3,(H,28,29). The van der Waals surface area contributed by atoms with Crippen molar-refractivity contribution in [1.29, 1.82) is 0 Å². The van der Waals surface area contributed by atoms with E-state index < -0.39 is 0 Å². The number of pyridine rings is 2. The molecular weight excluding hydrogens is 394 g/mol. The molecule has 0 aliphatic carbocycles. The second kappa shape index (κ2) is 6.57. The molecule has 6 aromatic heterocycles. The molecule has 8 heteroatoms. The number of H-pyrrole nitrogens is 2. The Morgan fingerprint density at radius 2 is 1.80 bits per heavy atom. The van der Waals surface area contributed by atoms with Gasteiger partial charge in [0.1, 0.15) is 17.5 Å². The highest BCUT2D eigenvalue weighted by Gasteiger charge is 2.16. The number of nitrogens with zero attached hydrogens (tertiary/aromatic N) is 5. The number of fused-ring (bicyclic) bond motifs is 2. The number of thiophene rings is 1. The van der Waals surface area contributed by atoms with Crippen LogP contribution in [0.1, 0.15) is 4.88 Å². The van der Waals surface area contributed by atoms with Crippen molar-refractivity contribution in [3.63, 3.8) is 0 Å². The van der Waals surface area contributed by atoms with E-state index in [4.69, 9.17) is 4.98 Å². The first kappa shape index (κ1) is 17.0. The third kappa shape index (κ3) is 2.69. The van der Waals surface area contributed by atoms with E-state index in [1.54, 1.807) is 23.7 Å². The Morgan fingerprint density at radius 1 is 0.900 bits per heavy atom. The van der Waals surface area contributed by atoms with Crippen molar-refractivity contribution in [2.45, 2.75) is 6.92 Å². The maximum Gasteiger partial charge on any atom is 0.135 e. The van der Waals surface area contributed by atoms with E-state index in [0.717, 1.165) is 50.1 Å². The van der Waals surface area contributed by atoms with Crippen molar-refractivity contribution in [1.82, 2.24) is 35.1 Å². The second-order valence-electron chi connectivity index (χ2n) is 7.03. The lowest BCUT2D eigenvalue weighted by Gasteiger charge is -2.00. The van der Waals surface area contributed by atoms with E-state index in [0.29, 0.717) is 0 Å². The Morgan fingerprint density at radius 3 is 2.63 bits per heavy atom. The molecule has 0 saturated carbocycles. The molecule has 0 amide bonds. The maximum atomic E-state index is 4.83. The van der Waals surface area contributed by atoms with Crippen LogP contribution < -0.4 is 0 Å². The van der Waals surface area contributed by atoms with Gasteiger partial charge in [0.2, 0.25) is 0 Å². The van der Waals surface area contributed by atoms with Crippen molar-refractivity contribution in [3.05, 3.63) is 66.3 Å². The van der Waals surface area contributed by atoms with Gasteiger partial charge in [0.05, 0.1) is 28.6 Å². The Labute approximate surface area is 174 Å². The fraction of sp³-hybridized carbons (Fsp3) is 0.0455. The first-order chi connectivity index (χ1) is 14.8. The second-order valence-corrected chi connectivity index (χ2v) is 8.32. The zero-order chi connectivity index (χ0) is 20.1.